The van der Waals surface area contributed by atoms with Gasteiger partial charge in [-0.15, -0.1) is 0 Å². The number of likely N-dealkylation sites (tertiary alicyclic amines) is 1. The molecule has 3 aromatic rings. The van der Waals surface area contributed by atoms with Crippen LogP contribution in [-0.2, 0) is 4.79 Å². The van der Waals surface area contributed by atoms with Gasteiger partial charge in [-0.1, -0.05) is 54.6 Å². The lowest BCUT2D eigenvalue weighted by Crippen LogP contribution is -2.39. The van der Waals surface area contributed by atoms with Crippen LogP contribution in [-0.4, -0.2) is 23.9 Å². The van der Waals surface area contributed by atoms with Crippen molar-refractivity contribution in [3.63, 3.8) is 0 Å². The van der Waals surface area contributed by atoms with Crippen molar-refractivity contribution in [3.8, 4) is 0 Å². The van der Waals surface area contributed by atoms with Crippen LogP contribution in [0.15, 0.2) is 72.8 Å². The van der Waals surface area contributed by atoms with Gasteiger partial charge in [0.05, 0.1) is 0 Å². The SMILES string of the molecule is CC(c1ccc2ccccc2c1)N1CCC(C(=O)Nc2ccccc2)CC1. The molecule has 1 unspecified atom stereocenters. The van der Waals surface area contributed by atoms with Gasteiger partial charge in [0.1, 0.15) is 0 Å². The maximum atomic E-state index is 12.5. The van der Waals surface area contributed by atoms with Gasteiger partial charge in [0.15, 0.2) is 0 Å². The average Bonchev–Trinajstić information content (AvgIpc) is 2.73. The zero-order valence-corrected chi connectivity index (χ0v) is 15.8. The normalized spacial score (nSPS) is 16.9. The van der Waals surface area contributed by atoms with E-state index in [1.165, 1.54) is 16.3 Å². The molecule has 1 N–H and O–H groups in total. The molecule has 0 saturated carbocycles. The molecule has 27 heavy (non-hydrogen) atoms. The van der Waals surface area contributed by atoms with Crippen molar-refractivity contribution in [3.05, 3.63) is 78.4 Å². The van der Waals surface area contributed by atoms with Gasteiger partial charge in [-0.05, 0) is 67.4 Å². The van der Waals surface area contributed by atoms with Crippen LogP contribution in [0.2, 0.25) is 0 Å². The van der Waals surface area contributed by atoms with E-state index in [0.29, 0.717) is 6.04 Å². The summed E-state index contributed by atoms with van der Waals surface area (Å²) < 4.78 is 0. The molecule has 0 radical (unpaired) electrons. The summed E-state index contributed by atoms with van der Waals surface area (Å²) in [5, 5.41) is 5.62. The lowest BCUT2D eigenvalue weighted by atomic mass is 9.93. The first-order valence-corrected chi connectivity index (χ1v) is 9.79. The number of carbonyl (C=O) groups is 1. The summed E-state index contributed by atoms with van der Waals surface area (Å²) in [5.74, 6) is 0.254. The van der Waals surface area contributed by atoms with Crippen LogP contribution < -0.4 is 5.32 Å². The zero-order chi connectivity index (χ0) is 18.6. The molecule has 3 nitrogen and oxygen atoms in total. The standard InChI is InChI=1S/C24H26N2O/c1-18(21-12-11-19-7-5-6-8-22(19)17-21)26-15-13-20(14-16-26)24(27)25-23-9-3-2-4-10-23/h2-12,17-18,20H,13-16H2,1H3,(H,25,27). The number of nitrogens with one attached hydrogen (secondary N) is 1. The highest BCUT2D eigenvalue weighted by Crippen LogP contribution is 2.29. The summed E-state index contributed by atoms with van der Waals surface area (Å²) in [5.41, 5.74) is 2.23. The van der Waals surface area contributed by atoms with Crippen LogP contribution in [0.1, 0.15) is 31.4 Å². The van der Waals surface area contributed by atoms with Crippen LogP contribution in [0.25, 0.3) is 10.8 Å². The molecule has 4 rings (SSSR count). The Morgan fingerprint density at radius 2 is 1.59 bits per heavy atom. The van der Waals surface area contributed by atoms with E-state index in [1.54, 1.807) is 0 Å². The van der Waals surface area contributed by atoms with E-state index in [-0.39, 0.29) is 11.8 Å². The number of benzene rings is 3. The van der Waals surface area contributed by atoms with E-state index >= 15 is 0 Å². The number of rotatable bonds is 4. The van der Waals surface area contributed by atoms with Gasteiger partial charge in [0, 0.05) is 17.6 Å². The summed E-state index contributed by atoms with van der Waals surface area (Å²) in [6, 6.07) is 25.3. The zero-order valence-electron chi connectivity index (χ0n) is 15.8. The Hall–Kier alpha value is -2.65. The van der Waals surface area contributed by atoms with Gasteiger partial charge in [-0.3, -0.25) is 9.69 Å². The van der Waals surface area contributed by atoms with E-state index < -0.39 is 0 Å². The number of carbonyl (C=O) groups excluding carboxylic acids is 1. The van der Waals surface area contributed by atoms with Crippen LogP contribution in [0, 0.1) is 5.92 Å². The molecule has 1 aliphatic rings. The van der Waals surface area contributed by atoms with Gasteiger partial charge >= 0.3 is 0 Å². The van der Waals surface area contributed by atoms with E-state index in [2.05, 4.69) is 59.6 Å². The third-order valence-electron chi connectivity index (χ3n) is 5.75. The molecule has 3 aromatic carbocycles. The minimum absolute atomic E-state index is 0.102. The van der Waals surface area contributed by atoms with Crippen molar-refractivity contribution in [1.82, 2.24) is 4.90 Å². The molecule has 1 heterocycles. The second kappa shape index (κ2) is 7.93. The van der Waals surface area contributed by atoms with Gasteiger partial charge in [-0.25, -0.2) is 0 Å². The average molecular weight is 358 g/mol. The summed E-state index contributed by atoms with van der Waals surface area (Å²) in [6.07, 6.45) is 1.83. The Labute approximate surface area is 161 Å². The summed E-state index contributed by atoms with van der Waals surface area (Å²) in [7, 11) is 0. The second-order valence-electron chi connectivity index (χ2n) is 7.45. The number of piperidine rings is 1. The maximum Gasteiger partial charge on any atom is 0.227 e. The van der Waals surface area contributed by atoms with Crippen molar-refractivity contribution in [2.75, 3.05) is 18.4 Å². The number of fused-ring (bicyclic) bond motifs is 1. The molecule has 1 amide bonds. The quantitative estimate of drug-likeness (QED) is 0.691. The third-order valence-corrected chi connectivity index (χ3v) is 5.75. The van der Waals surface area contributed by atoms with Crippen LogP contribution in [0.3, 0.4) is 0 Å². The predicted octanol–water partition coefficient (Wildman–Crippen LogP) is 5.25. The first-order chi connectivity index (χ1) is 13.2. The number of hydrogen-bond donors (Lipinski definition) is 1. The van der Waals surface area contributed by atoms with Crippen molar-refractivity contribution in [2.45, 2.75) is 25.8 Å². The molecule has 1 atom stereocenters. The molecule has 1 aliphatic heterocycles. The monoisotopic (exact) mass is 358 g/mol. The Kier molecular flexibility index (Phi) is 5.21. The van der Waals surface area contributed by atoms with Crippen molar-refractivity contribution in [1.29, 1.82) is 0 Å². The predicted molar refractivity (Wildman–Crippen MR) is 112 cm³/mol. The first-order valence-electron chi connectivity index (χ1n) is 9.79. The number of anilines is 1. The third kappa shape index (κ3) is 4.04. The topological polar surface area (TPSA) is 32.3 Å². The van der Waals surface area contributed by atoms with Crippen molar-refractivity contribution in [2.24, 2.45) is 5.92 Å². The molecule has 0 spiro atoms. The Morgan fingerprint density at radius 1 is 0.926 bits per heavy atom. The maximum absolute atomic E-state index is 12.5. The first kappa shape index (κ1) is 17.7. The minimum Gasteiger partial charge on any atom is -0.326 e. The fourth-order valence-corrected chi connectivity index (χ4v) is 3.99. The summed E-state index contributed by atoms with van der Waals surface area (Å²) >= 11 is 0. The number of hydrogen-bond acceptors (Lipinski definition) is 2. The highest BCUT2D eigenvalue weighted by Gasteiger charge is 2.27. The highest BCUT2D eigenvalue weighted by molar-refractivity contribution is 5.92. The molecule has 0 aromatic heterocycles. The second-order valence-corrected chi connectivity index (χ2v) is 7.45. The fourth-order valence-electron chi connectivity index (χ4n) is 3.99. The molecular formula is C24H26N2O. The molecule has 0 aliphatic carbocycles. The fraction of sp³-hybridized carbons (Fsp3) is 0.292. The minimum atomic E-state index is 0.102. The van der Waals surface area contributed by atoms with Crippen LogP contribution in [0.5, 0.6) is 0 Å². The van der Waals surface area contributed by atoms with Gasteiger partial charge in [-0.2, -0.15) is 0 Å². The van der Waals surface area contributed by atoms with Crippen molar-refractivity contribution >= 4 is 22.4 Å². The Bertz CT molecular complexity index is 914. The number of amides is 1. The van der Waals surface area contributed by atoms with E-state index in [0.717, 1.165) is 31.6 Å². The van der Waals surface area contributed by atoms with E-state index in [9.17, 15) is 4.79 Å². The lowest BCUT2D eigenvalue weighted by Gasteiger charge is -2.35. The molecule has 138 valence electrons. The van der Waals surface area contributed by atoms with Gasteiger partial charge < -0.3 is 5.32 Å². The summed E-state index contributed by atoms with van der Waals surface area (Å²) in [4.78, 5) is 15.0. The lowest BCUT2D eigenvalue weighted by molar-refractivity contribution is -0.121. The molecular weight excluding hydrogens is 332 g/mol. The Morgan fingerprint density at radius 3 is 2.33 bits per heavy atom. The van der Waals surface area contributed by atoms with Crippen LogP contribution in [0.4, 0.5) is 5.69 Å². The Balaban J connectivity index is 1.37. The summed E-state index contributed by atoms with van der Waals surface area (Å²) in [6.45, 7) is 4.19. The van der Waals surface area contributed by atoms with Gasteiger partial charge in [0.2, 0.25) is 5.91 Å². The highest BCUT2D eigenvalue weighted by atomic mass is 16.1. The molecule has 1 fully saturated rings. The smallest absolute Gasteiger partial charge is 0.227 e. The van der Waals surface area contributed by atoms with E-state index in [4.69, 9.17) is 0 Å². The molecule has 3 heteroatoms. The molecule has 0 bridgehead atoms. The molecule has 1 saturated heterocycles. The van der Waals surface area contributed by atoms with Gasteiger partial charge in [0.25, 0.3) is 0 Å². The van der Waals surface area contributed by atoms with Crippen molar-refractivity contribution < 1.29 is 4.79 Å². The van der Waals surface area contributed by atoms with E-state index in [1.807, 2.05) is 30.3 Å². The van der Waals surface area contributed by atoms with Crippen LogP contribution >= 0.6 is 0 Å². The number of para-hydroxylation sites is 1. The largest absolute Gasteiger partial charge is 0.326 e. The number of nitrogens with zero attached hydrogens (tertiary/aromatic N) is 1.